The monoisotopic (exact) mass is 569 g/mol. The Morgan fingerprint density at radius 1 is 1.11 bits per heavy atom. The fourth-order valence-electron chi connectivity index (χ4n) is 4.77. The minimum atomic E-state index is -3.58. The summed E-state index contributed by atoms with van der Waals surface area (Å²) in [5.74, 6) is -0.256. The molecule has 5 rings (SSSR count). The summed E-state index contributed by atoms with van der Waals surface area (Å²) in [5.41, 5.74) is 3.70. The topological polar surface area (TPSA) is 83.8 Å². The fraction of sp³-hybridized carbons (Fsp3) is 0.357. The lowest BCUT2D eigenvalue weighted by Gasteiger charge is -2.22. The molecule has 2 aromatic heterocycles. The van der Waals surface area contributed by atoms with Crippen LogP contribution in [0.2, 0.25) is 0 Å². The lowest BCUT2D eigenvalue weighted by Crippen LogP contribution is -3.11. The van der Waals surface area contributed by atoms with Crippen LogP contribution in [0.4, 0.5) is 5.00 Å². The SMILES string of the molecule is CCCCN(C)S(=O)(=O)c1ccc(C(=O)Nc2sc3c(c2-c2nc4ccccc4s2)CC[NH+](CC)C3)cc1. The number of likely N-dealkylation sites (N-methyl/N-ethyl adjacent to an activating group) is 1. The minimum Gasteiger partial charge on any atom is -0.330 e. The van der Waals surface area contributed by atoms with E-state index in [1.165, 1.54) is 31.8 Å². The molecule has 2 N–H and O–H groups in total. The Balaban J connectivity index is 1.44. The van der Waals surface area contributed by atoms with Crippen molar-refractivity contribution in [3.63, 3.8) is 0 Å². The van der Waals surface area contributed by atoms with E-state index in [0.717, 1.165) is 64.7 Å². The maximum absolute atomic E-state index is 13.4. The molecule has 0 spiro atoms. The van der Waals surface area contributed by atoms with Crippen molar-refractivity contribution in [3.05, 3.63) is 64.5 Å². The second-order valence-corrected chi connectivity index (χ2v) is 13.8. The van der Waals surface area contributed by atoms with Gasteiger partial charge in [0.15, 0.2) is 0 Å². The number of nitrogens with zero attached hydrogens (tertiary/aromatic N) is 2. The van der Waals surface area contributed by atoms with Crippen molar-refractivity contribution in [2.24, 2.45) is 0 Å². The van der Waals surface area contributed by atoms with Crippen molar-refractivity contribution in [3.8, 4) is 10.6 Å². The van der Waals surface area contributed by atoms with E-state index in [9.17, 15) is 13.2 Å². The first kappa shape index (κ1) is 27.0. The van der Waals surface area contributed by atoms with E-state index >= 15 is 0 Å². The standard InChI is InChI=1S/C28H32N4O3S3/c1-4-6-16-31(3)38(34,35)20-13-11-19(12-14-20)26(33)30-28-25(21-15-17-32(5-2)18-24(21)37-28)27-29-22-9-7-8-10-23(22)36-27/h7-14H,4-6,15-18H2,1-3H3,(H,30,33)/p+1. The summed E-state index contributed by atoms with van der Waals surface area (Å²) in [7, 11) is -1.99. The van der Waals surface area contributed by atoms with E-state index in [1.54, 1.807) is 41.9 Å². The molecule has 4 aromatic rings. The van der Waals surface area contributed by atoms with Crippen molar-refractivity contribution < 1.29 is 18.1 Å². The number of thiophene rings is 1. The zero-order valence-electron chi connectivity index (χ0n) is 21.9. The lowest BCUT2D eigenvalue weighted by atomic mass is 10.0. The van der Waals surface area contributed by atoms with Crippen LogP contribution >= 0.6 is 22.7 Å². The first-order valence-electron chi connectivity index (χ1n) is 13.0. The molecule has 200 valence electrons. The maximum Gasteiger partial charge on any atom is 0.256 e. The number of amides is 1. The van der Waals surface area contributed by atoms with Crippen molar-refractivity contribution in [2.75, 3.05) is 32.0 Å². The molecular formula is C28H33N4O3S3+. The number of thiazole rings is 1. The van der Waals surface area contributed by atoms with E-state index in [1.807, 2.05) is 25.1 Å². The van der Waals surface area contributed by atoms with Gasteiger partial charge in [-0.25, -0.2) is 17.7 Å². The molecule has 0 saturated carbocycles. The number of quaternary nitrogens is 1. The average Bonchev–Trinajstić information content (AvgIpc) is 3.51. The number of hydrogen-bond donors (Lipinski definition) is 2. The Labute approximate surface area is 232 Å². The molecular weight excluding hydrogens is 537 g/mol. The molecule has 1 unspecified atom stereocenters. The fourth-order valence-corrected chi connectivity index (χ4v) is 8.40. The first-order valence-corrected chi connectivity index (χ1v) is 16.1. The van der Waals surface area contributed by atoms with Gasteiger partial charge in [-0.2, -0.15) is 0 Å². The van der Waals surface area contributed by atoms with Crippen LogP contribution in [-0.2, 0) is 23.0 Å². The predicted octanol–water partition coefficient (Wildman–Crippen LogP) is 4.66. The highest BCUT2D eigenvalue weighted by Crippen LogP contribution is 2.44. The van der Waals surface area contributed by atoms with Crippen LogP contribution in [0.5, 0.6) is 0 Å². The van der Waals surface area contributed by atoms with Gasteiger partial charge in [-0.05, 0) is 55.3 Å². The number of unbranched alkanes of at least 4 members (excludes halogenated alkanes) is 1. The van der Waals surface area contributed by atoms with Gasteiger partial charge in [0.05, 0.1) is 33.1 Å². The highest BCUT2D eigenvalue weighted by molar-refractivity contribution is 7.89. The molecule has 0 fully saturated rings. The van der Waals surface area contributed by atoms with Gasteiger partial charge in [0.2, 0.25) is 10.0 Å². The molecule has 0 saturated heterocycles. The van der Waals surface area contributed by atoms with E-state index in [-0.39, 0.29) is 10.8 Å². The molecule has 0 aliphatic carbocycles. The number of hydrogen-bond acceptors (Lipinski definition) is 6. The minimum absolute atomic E-state index is 0.192. The molecule has 7 nitrogen and oxygen atoms in total. The lowest BCUT2D eigenvalue weighted by molar-refractivity contribution is -0.913. The average molecular weight is 570 g/mol. The number of carbonyl (C=O) groups excluding carboxylic acids is 1. The van der Waals surface area contributed by atoms with Crippen molar-refractivity contribution in [1.29, 1.82) is 0 Å². The number of rotatable bonds is 9. The number of aromatic nitrogens is 1. The number of nitrogens with one attached hydrogen (secondary N) is 2. The molecule has 38 heavy (non-hydrogen) atoms. The highest BCUT2D eigenvalue weighted by Gasteiger charge is 2.29. The summed E-state index contributed by atoms with van der Waals surface area (Å²) < 4.78 is 28.2. The molecule has 1 aliphatic rings. The van der Waals surface area contributed by atoms with Crippen LogP contribution in [0, 0.1) is 0 Å². The summed E-state index contributed by atoms with van der Waals surface area (Å²) in [4.78, 5) is 21.3. The Hall–Kier alpha value is -2.63. The van der Waals surface area contributed by atoms with Crippen LogP contribution in [0.1, 0.15) is 47.5 Å². The van der Waals surface area contributed by atoms with Gasteiger partial charge in [0.1, 0.15) is 16.6 Å². The number of carbonyl (C=O) groups is 1. The molecule has 0 bridgehead atoms. The normalized spacial score (nSPS) is 15.6. The summed E-state index contributed by atoms with van der Waals surface area (Å²) in [6, 6.07) is 14.3. The number of fused-ring (bicyclic) bond motifs is 2. The summed E-state index contributed by atoms with van der Waals surface area (Å²) in [5, 5.41) is 4.88. The smallest absolute Gasteiger partial charge is 0.256 e. The molecule has 1 atom stereocenters. The van der Waals surface area contributed by atoms with E-state index in [0.29, 0.717) is 12.1 Å². The third-order valence-corrected chi connectivity index (χ3v) is 11.2. The number of para-hydroxylation sites is 1. The Morgan fingerprint density at radius 3 is 2.58 bits per heavy atom. The highest BCUT2D eigenvalue weighted by atomic mass is 32.2. The number of benzene rings is 2. The van der Waals surface area contributed by atoms with Crippen LogP contribution in [0.25, 0.3) is 20.8 Å². The van der Waals surface area contributed by atoms with Gasteiger partial charge in [-0.15, -0.1) is 22.7 Å². The van der Waals surface area contributed by atoms with Crippen molar-refractivity contribution >= 4 is 53.8 Å². The van der Waals surface area contributed by atoms with Crippen LogP contribution in [0.3, 0.4) is 0 Å². The summed E-state index contributed by atoms with van der Waals surface area (Å²) >= 11 is 3.29. The van der Waals surface area contributed by atoms with Gasteiger partial charge in [0.25, 0.3) is 5.91 Å². The van der Waals surface area contributed by atoms with E-state index in [4.69, 9.17) is 4.98 Å². The van der Waals surface area contributed by atoms with Gasteiger partial charge >= 0.3 is 0 Å². The van der Waals surface area contributed by atoms with Crippen molar-refractivity contribution in [1.82, 2.24) is 9.29 Å². The summed E-state index contributed by atoms with van der Waals surface area (Å²) in [6.45, 7) is 7.78. The molecule has 0 radical (unpaired) electrons. The van der Waals surface area contributed by atoms with E-state index < -0.39 is 10.0 Å². The number of sulfonamides is 1. The van der Waals surface area contributed by atoms with Gasteiger partial charge in [-0.1, -0.05) is 25.5 Å². The zero-order chi connectivity index (χ0) is 26.9. The quantitative estimate of drug-likeness (QED) is 0.307. The Morgan fingerprint density at radius 2 is 1.87 bits per heavy atom. The maximum atomic E-state index is 13.4. The largest absolute Gasteiger partial charge is 0.330 e. The van der Waals surface area contributed by atoms with Crippen LogP contribution in [0.15, 0.2) is 53.4 Å². The number of anilines is 1. The van der Waals surface area contributed by atoms with Crippen molar-refractivity contribution in [2.45, 2.75) is 44.6 Å². The van der Waals surface area contributed by atoms with Crippen LogP contribution in [-0.4, -0.2) is 50.3 Å². The second kappa shape index (κ2) is 11.2. The molecule has 10 heteroatoms. The van der Waals surface area contributed by atoms with Gasteiger partial charge < -0.3 is 10.2 Å². The second-order valence-electron chi connectivity index (χ2n) is 9.63. The Bertz CT molecular complexity index is 1520. The Kier molecular flexibility index (Phi) is 7.97. The van der Waals surface area contributed by atoms with Gasteiger partial charge in [-0.3, -0.25) is 4.79 Å². The summed E-state index contributed by atoms with van der Waals surface area (Å²) in [6.07, 6.45) is 2.67. The molecule has 2 aromatic carbocycles. The third-order valence-electron chi connectivity index (χ3n) is 7.12. The predicted molar refractivity (Wildman–Crippen MR) is 156 cm³/mol. The molecule has 1 aliphatic heterocycles. The molecule has 3 heterocycles. The van der Waals surface area contributed by atoms with E-state index in [2.05, 4.69) is 18.3 Å². The van der Waals surface area contributed by atoms with Crippen LogP contribution < -0.4 is 10.2 Å². The zero-order valence-corrected chi connectivity index (χ0v) is 24.4. The molecule has 1 amide bonds. The third kappa shape index (κ3) is 5.28. The first-order chi connectivity index (χ1) is 18.3. The van der Waals surface area contributed by atoms with Gasteiger partial charge in [0, 0.05) is 31.1 Å².